The minimum absolute atomic E-state index is 0.0224. The number of aliphatic hydroxyl groups excluding tert-OH is 2. The van der Waals surface area contributed by atoms with Crippen LogP contribution in [-0.2, 0) is 65.6 Å². The zero-order chi connectivity index (χ0) is 58.6. The average molecular weight is 1100 g/mol. The molecule has 0 aliphatic rings. The monoisotopic (exact) mass is 1100 g/mol. The minimum Gasteiger partial charge on any atom is -0.508 e. The lowest BCUT2D eigenvalue weighted by atomic mass is 10.00. The van der Waals surface area contributed by atoms with Crippen LogP contribution < -0.4 is 54.0 Å². The maximum atomic E-state index is 14.3. The van der Waals surface area contributed by atoms with Gasteiger partial charge in [-0.2, -0.15) is 0 Å². The quantitative estimate of drug-likeness (QED) is 0.0300. The van der Waals surface area contributed by atoms with Crippen LogP contribution in [0.2, 0.25) is 0 Å². The Kier molecular flexibility index (Phi) is 25.1. The number of para-hydroxylation sites is 1. The van der Waals surface area contributed by atoms with Crippen LogP contribution in [0.25, 0.3) is 10.9 Å². The van der Waals surface area contributed by atoms with Crippen LogP contribution in [0.1, 0.15) is 84.8 Å². The summed E-state index contributed by atoms with van der Waals surface area (Å²) in [6, 6.07) is -1.76. The summed E-state index contributed by atoms with van der Waals surface area (Å²) in [6.45, 7) is 8.31. The summed E-state index contributed by atoms with van der Waals surface area (Å²) >= 11 is 0. The van der Waals surface area contributed by atoms with Crippen molar-refractivity contribution in [2.24, 2.45) is 23.3 Å². The van der Waals surface area contributed by atoms with Crippen molar-refractivity contribution in [2.75, 3.05) is 6.61 Å². The van der Waals surface area contributed by atoms with Gasteiger partial charge in [-0.25, -0.2) is 4.79 Å². The Morgan fingerprint density at radius 2 is 1.03 bits per heavy atom. The van der Waals surface area contributed by atoms with Gasteiger partial charge in [0.1, 0.15) is 60.1 Å². The number of primary amides is 1. The number of rotatable bonds is 32. The van der Waals surface area contributed by atoms with Crippen molar-refractivity contribution in [1.29, 1.82) is 0 Å². The highest BCUT2D eigenvalue weighted by molar-refractivity contribution is 5.99. The Morgan fingerprint density at radius 1 is 0.564 bits per heavy atom. The van der Waals surface area contributed by atoms with E-state index in [0.29, 0.717) is 22.0 Å². The van der Waals surface area contributed by atoms with Crippen LogP contribution in [0, 0.1) is 11.8 Å². The first-order valence-corrected chi connectivity index (χ1v) is 25.1. The topological polar surface area (TPSA) is 453 Å². The number of fused-ring (bicyclic) bond motifs is 1. The number of phenols is 1. The largest absolute Gasteiger partial charge is 0.508 e. The Hall–Kier alpha value is -8.17. The lowest BCUT2D eigenvalue weighted by Gasteiger charge is -2.28. The number of hydrogen-bond donors (Lipinski definition) is 16. The van der Waals surface area contributed by atoms with E-state index in [4.69, 9.17) is 11.5 Å². The number of nitrogens with two attached hydrogens (primary N) is 2. The standard InChI is InChI=1S/C51H73N11O16/c1-24(2)17-34(57-43(69)26(5)55-50(76)42(53)27(6)64)45(71)61-38(21-41(67)68)48(74)59-36(19-28-11-13-30(65)14-12-28)46(72)62-39(23-63)49(75)60-37(20-29-22-54-32-10-8-7-9-31(29)32)47(73)58-35(18-25(3)4)44(70)56-33(51(77)78)15-16-40(52)66/h7-14,22,24-27,33-39,42,54,63-65H,15-21,23,53H2,1-6H3,(H2,52,66)(H,55,76)(H,56,70)(H,57,69)(H,58,73)(H,59,74)(H,60,75)(H,61,71)(H,62,72)(H,67,68)(H,77,78). The highest BCUT2D eigenvalue weighted by Gasteiger charge is 2.36. The molecule has 2 aromatic carbocycles. The van der Waals surface area contributed by atoms with Crippen LogP contribution in [-0.4, -0.2) is 163 Å². The molecule has 78 heavy (non-hydrogen) atoms. The predicted octanol–water partition coefficient (Wildman–Crippen LogP) is -2.83. The summed E-state index contributed by atoms with van der Waals surface area (Å²) in [4.78, 5) is 148. The number of amides is 9. The number of aliphatic hydroxyl groups is 2. The van der Waals surface area contributed by atoms with Gasteiger partial charge in [-0.05, 0) is 74.3 Å². The lowest BCUT2D eigenvalue weighted by Crippen LogP contribution is -2.61. The number of aromatic amines is 1. The zero-order valence-corrected chi connectivity index (χ0v) is 44.2. The number of carbonyl (C=O) groups excluding carboxylic acids is 9. The maximum absolute atomic E-state index is 14.3. The molecule has 0 spiro atoms. The van der Waals surface area contributed by atoms with Crippen LogP contribution in [0.4, 0.5) is 0 Å². The highest BCUT2D eigenvalue weighted by atomic mass is 16.4. The number of benzene rings is 2. The molecule has 3 rings (SSSR count). The van der Waals surface area contributed by atoms with Crippen molar-refractivity contribution >= 4 is 76.0 Å². The van der Waals surface area contributed by atoms with Gasteiger partial charge >= 0.3 is 11.9 Å². The second-order valence-electron chi connectivity index (χ2n) is 19.7. The van der Waals surface area contributed by atoms with Gasteiger partial charge in [0.15, 0.2) is 0 Å². The Labute approximate surface area is 449 Å². The van der Waals surface area contributed by atoms with Gasteiger partial charge in [-0.15, -0.1) is 0 Å². The van der Waals surface area contributed by atoms with Gasteiger partial charge in [0.2, 0.25) is 53.2 Å². The van der Waals surface area contributed by atoms with E-state index in [0.717, 1.165) is 0 Å². The van der Waals surface area contributed by atoms with Crippen molar-refractivity contribution in [1.82, 2.24) is 47.5 Å². The smallest absolute Gasteiger partial charge is 0.326 e. The number of hydrogen-bond acceptors (Lipinski definition) is 15. The summed E-state index contributed by atoms with van der Waals surface area (Å²) in [5.41, 5.74) is 12.3. The molecule has 0 saturated heterocycles. The van der Waals surface area contributed by atoms with Gasteiger partial charge < -0.3 is 84.5 Å². The number of phenolic OH excluding ortho intramolecular Hbond substituents is 1. The lowest BCUT2D eigenvalue weighted by molar-refractivity contribution is -0.143. The molecule has 1 aromatic heterocycles. The molecule has 1 heterocycles. The maximum Gasteiger partial charge on any atom is 0.326 e. The molecule has 27 nitrogen and oxygen atoms in total. The molecule has 3 aromatic rings. The number of H-pyrrole nitrogens is 1. The summed E-state index contributed by atoms with van der Waals surface area (Å²) < 4.78 is 0. The fourth-order valence-corrected chi connectivity index (χ4v) is 7.86. The molecule has 0 aliphatic heterocycles. The number of aromatic hydroxyl groups is 1. The van der Waals surface area contributed by atoms with Crippen LogP contribution in [0.15, 0.2) is 54.7 Å². The van der Waals surface area contributed by atoms with Gasteiger partial charge in [-0.1, -0.05) is 58.0 Å². The molecule has 10 unspecified atom stereocenters. The van der Waals surface area contributed by atoms with Crippen molar-refractivity contribution in [3.63, 3.8) is 0 Å². The normalized spacial score (nSPS) is 15.1. The van der Waals surface area contributed by atoms with Gasteiger partial charge in [-0.3, -0.25) is 47.9 Å². The molecule has 9 amide bonds. The third kappa shape index (κ3) is 20.7. The van der Waals surface area contributed by atoms with Crippen molar-refractivity contribution in [2.45, 2.75) is 147 Å². The van der Waals surface area contributed by atoms with Crippen molar-refractivity contribution < 1.29 is 78.3 Å². The molecule has 0 radical (unpaired) electrons. The van der Waals surface area contributed by atoms with Crippen molar-refractivity contribution in [3.05, 3.63) is 65.9 Å². The molecule has 27 heteroatoms. The van der Waals surface area contributed by atoms with Crippen molar-refractivity contribution in [3.8, 4) is 5.75 Å². The van der Waals surface area contributed by atoms with E-state index >= 15 is 0 Å². The molecule has 0 aliphatic carbocycles. The van der Waals surface area contributed by atoms with Gasteiger partial charge in [0.05, 0.1) is 19.1 Å². The van der Waals surface area contributed by atoms with Crippen LogP contribution >= 0.6 is 0 Å². The molecule has 0 fully saturated rings. The number of carbonyl (C=O) groups is 11. The van der Waals surface area contributed by atoms with Gasteiger partial charge in [0, 0.05) is 36.4 Å². The second-order valence-corrected chi connectivity index (χ2v) is 19.7. The first kappa shape index (κ1) is 64.1. The van der Waals surface area contributed by atoms with Crippen LogP contribution in [0.5, 0.6) is 5.75 Å². The molecular formula is C51H73N11O16. The number of aromatic nitrogens is 1. The highest BCUT2D eigenvalue weighted by Crippen LogP contribution is 2.20. The van der Waals surface area contributed by atoms with E-state index in [1.165, 1.54) is 38.1 Å². The molecule has 10 atom stereocenters. The van der Waals surface area contributed by atoms with E-state index in [2.05, 4.69) is 47.5 Å². The summed E-state index contributed by atoms with van der Waals surface area (Å²) in [5.74, 6) is -12.7. The van der Waals surface area contributed by atoms with Crippen LogP contribution in [0.3, 0.4) is 0 Å². The summed E-state index contributed by atoms with van der Waals surface area (Å²) in [5, 5.41) is 69.7. The number of nitrogens with one attached hydrogen (secondary N) is 9. The molecule has 428 valence electrons. The van der Waals surface area contributed by atoms with E-state index < -0.39 is 145 Å². The zero-order valence-electron chi connectivity index (χ0n) is 44.2. The SMILES string of the molecule is CC(C)CC(NC(=O)C(C)NC(=O)C(N)C(C)O)C(=O)NC(CC(=O)O)C(=O)NC(Cc1ccc(O)cc1)C(=O)NC(CO)C(=O)NC(Cc1c[nH]c2ccccc12)C(=O)NC(CC(C)C)C(=O)NC(CCC(N)=O)C(=O)O. The van der Waals surface area contributed by atoms with E-state index in [1.807, 2.05) is 0 Å². The Morgan fingerprint density at radius 3 is 1.54 bits per heavy atom. The third-order valence-electron chi connectivity index (χ3n) is 12.1. The number of aliphatic carboxylic acids is 2. The average Bonchev–Trinajstić information content (AvgIpc) is 3.78. The Bertz CT molecular complexity index is 2610. The summed E-state index contributed by atoms with van der Waals surface area (Å²) in [6.07, 6.45) is -2.16. The van der Waals surface area contributed by atoms with E-state index in [1.54, 1.807) is 58.2 Å². The minimum atomic E-state index is -1.91. The summed E-state index contributed by atoms with van der Waals surface area (Å²) in [7, 11) is 0. The second kappa shape index (κ2) is 30.5. The van der Waals surface area contributed by atoms with Gasteiger partial charge in [0.25, 0.3) is 0 Å². The Balaban J connectivity index is 1.95. The molecule has 0 bridgehead atoms. The first-order chi connectivity index (χ1) is 36.6. The fraction of sp³-hybridized carbons (Fsp3) is 0.510. The molecule has 0 saturated carbocycles. The number of carboxylic acid groups (broad SMARTS) is 2. The fourth-order valence-electron chi connectivity index (χ4n) is 7.86. The predicted molar refractivity (Wildman–Crippen MR) is 279 cm³/mol. The first-order valence-electron chi connectivity index (χ1n) is 25.1. The number of carboxylic acids is 2. The van der Waals surface area contributed by atoms with E-state index in [-0.39, 0.29) is 49.7 Å². The third-order valence-corrected chi connectivity index (χ3v) is 12.1. The van der Waals surface area contributed by atoms with E-state index in [9.17, 15) is 78.3 Å². The molecular weight excluding hydrogens is 1020 g/mol. The molecule has 18 N–H and O–H groups in total.